The van der Waals surface area contributed by atoms with Gasteiger partial charge in [-0.2, -0.15) is 0 Å². The number of carbonyl (C=O) groups is 1. The van der Waals surface area contributed by atoms with Gasteiger partial charge < -0.3 is 14.8 Å². The van der Waals surface area contributed by atoms with Crippen molar-refractivity contribution in [1.82, 2.24) is 5.32 Å². The molecule has 1 saturated heterocycles. The highest BCUT2D eigenvalue weighted by Crippen LogP contribution is 2.43. The van der Waals surface area contributed by atoms with Crippen molar-refractivity contribution >= 4 is 6.09 Å². The molecule has 1 amide bonds. The smallest absolute Gasteiger partial charge is 0.407 e. The number of rotatable bonds is 5. The van der Waals surface area contributed by atoms with Gasteiger partial charge in [0.1, 0.15) is 6.10 Å². The van der Waals surface area contributed by atoms with Gasteiger partial charge >= 0.3 is 6.09 Å². The van der Waals surface area contributed by atoms with Crippen molar-refractivity contribution < 1.29 is 14.3 Å². The number of nitrogens with one attached hydrogen (secondary N) is 1. The Balaban J connectivity index is 1.32. The predicted molar refractivity (Wildman–Crippen MR) is 80.2 cm³/mol. The highest BCUT2D eigenvalue weighted by atomic mass is 16.6. The van der Waals surface area contributed by atoms with Crippen LogP contribution in [0.25, 0.3) is 0 Å². The summed E-state index contributed by atoms with van der Waals surface area (Å²) in [5.74, 6) is 1.06. The maximum absolute atomic E-state index is 11.8. The summed E-state index contributed by atoms with van der Waals surface area (Å²) >= 11 is 0. The van der Waals surface area contributed by atoms with Crippen LogP contribution in [0.4, 0.5) is 4.79 Å². The lowest BCUT2D eigenvalue weighted by atomic mass is 9.97. The van der Waals surface area contributed by atoms with Crippen LogP contribution in [0.5, 0.6) is 0 Å². The normalized spacial score (nSPS) is 25.3. The van der Waals surface area contributed by atoms with E-state index in [1.54, 1.807) is 0 Å². The lowest BCUT2D eigenvalue weighted by Gasteiger charge is -2.21. The molecule has 114 valence electrons. The Bertz CT molecular complexity index is 456. The van der Waals surface area contributed by atoms with Crippen LogP contribution in [0.15, 0.2) is 30.3 Å². The van der Waals surface area contributed by atoms with E-state index >= 15 is 0 Å². The van der Waals surface area contributed by atoms with Gasteiger partial charge in [-0.1, -0.05) is 30.3 Å². The van der Waals surface area contributed by atoms with Gasteiger partial charge in [-0.3, -0.25) is 0 Å². The third kappa shape index (κ3) is 4.21. The Morgan fingerprint density at radius 2 is 2.00 bits per heavy atom. The van der Waals surface area contributed by atoms with Crippen molar-refractivity contribution in [3.8, 4) is 0 Å². The van der Waals surface area contributed by atoms with E-state index in [1.807, 2.05) is 18.2 Å². The average molecular weight is 289 g/mol. The summed E-state index contributed by atoms with van der Waals surface area (Å²) in [7, 11) is 0. The second kappa shape index (κ2) is 6.94. The molecule has 21 heavy (non-hydrogen) atoms. The molecule has 1 aliphatic carbocycles. The minimum absolute atomic E-state index is 0.0514. The first-order valence-corrected chi connectivity index (χ1v) is 7.90. The number of alkyl carbamates (subject to hydrolysis) is 1. The first-order chi connectivity index (χ1) is 10.3. The Labute approximate surface area is 125 Å². The molecule has 2 atom stereocenters. The highest BCUT2D eigenvalue weighted by molar-refractivity contribution is 5.67. The van der Waals surface area contributed by atoms with Crippen molar-refractivity contribution in [3.05, 3.63) is 35.9 Å². The van der Waals surface area contributed by atoms with Crippen molar-refractivity contribution in [1.29, 1.82) is 0 Å². The molecule has 4 nitrogen and oxygen atoms in total. The molecule has 4 heteroatoms. The summed E-state index contributed by atoms with van der Waals surface area (Å²) in [4.78, 5) is 11.8. The Morgan fingerprint density at radius 1 is 1.24 bits per heavy atom. The molecule has 1 aliphatic heterocycles. The summed E-state index contributed by atoms with van der Waals surface area (Å²) in [6.45, 7) is 2.41. The maximum atomic E-state index is 11.8. The quantitative estimate of drug-likeness (QED) is 0.906. The second-order valence-corrected chi connectivity index (χ2v) is 5.97. The third-order valence-corrected chi connectivity index (χ3v) is 4.38. The number of hydrogen-bond acceptors (Lipinski definition) is 3. The number of amides is 1. The molecule has 0 aromatic heterocycles. The first kappa shape index (κ1) is 14.4. The number of carbonyl (C=O) groups excluding carboxylic acids is 1. The van der Waals surface area contributed by atoms with Gasteiger partial charge in [0.2, 0.25) is 0 Å². The van der Waals surface area contributed by atoms with Gasteiger partial charge in [0.05, 0.1) is 0 Å². The Morgan fingerprint density at radius 3 is 2.76 bits per heavy atom. The summed E-state index contributed by atoms with van der Waals surface area (Å²) in [5.41, 5.74) is 1.26. The Kier molecular flexibility index (Phi) is 4.76. The van der Waals surface area contributed by atoms with Crippen LogP contribution in [0, 0.1) is 5.92 Å². The molecular formula is C17H23NO3. The van der Waals surface area contributed by atoms with E-state index in [0.717, 1.165) is 38.9 Å². The van der Waals surface area contributed by atoms with Gasteiger partial charge in [-0.25, -0.2) is 4.79 Å². The van der Waals surface area contributed by atoms with Crippen LogP contribution in [0.3, 0.4) is 0 Å². The molecule has 0 radical (unpaired) electrons. The zero-order valence-electron chi connectivity index (χ0n) is 12.3. The number of hydrogen-bond donors (Lipinski definition) is 1. The molecule has 2 fully saturated rings. The van der Waals surface area contributed by atoms with Crippen molar-refractivity contribution in [2.45, 2.75) is 37.7 Å². The van der Waals surface area contributed by atoms with Crippen LogP contribution >= 0.6 is 0 Å². The van der Waals surface area contributed by atoms with Crippen LogP contribution in [-0.2, 0) is 9.47 Å². The van der Waals surface area contributed by atoms with E-state index in [2.05, 4.69) is 17.4 Å². The van der Waals surface area contributed by atoms with Gasteiger partial charge in [0.25, 0.3) is 0 Å². The first-order valence-electron chi connectivity index (χ1n) is 7.90. The van der Waals surface area contributed by atoms with E-state index in [1.165, 1.54) is 5.56 Å². The molecule has 0 bridgehead atoms. The Hall–Kier alpha value is -1.55. The molecule has 2 aliphatic rings. The monoisotopic (exact) mass is 289 g/mol. The number of ether oxygens (including phenoxy) is 2. The van der Waals surface area contributed by atoms with Crippen LogP contribution in [0.1, 0.15) is 37.2 Å². The highest BCUT2D eigenvalue weighted by Gasteiger charge is 2.41. The van der Waals surface area contributed by atoms with Crippen LogP contribution in [-0.4, -0.2) is 32.0 Å². The molecule has 1 aromatic rings. The largest absolute Gasteiger partial charge is 0.446 e. The summed E-state index contributed by atoms with van der Waals surface area (Å²) in [6, 6.07) is 10.2. The molecule has 1 heterocycles. The van der Waals surface area contributed by atoms with Gasteiger partial charge in [0.15, 0.2) is 0 Å². The van der Waals surface area contributed by atoms with Crippen LogP contribution in [0.2, 0.25) is 0 Å². The fourth-order valence-electron chi connectivity index (χ4n) is 2.95. The summed E-state index contributed by atoms with van der Waals surface area (Å²) in [5, 5.41) is 2.87. The topological polar surface area (TPSA) is 47.6 Å². The molecule has 0 spiro atoms. The van der Waals surface area contributed by atoms with Crippen LogP contribution < -0.4 is 5.32 Å². The van der Waals surface area contributed by atoms with Gasteiger partial charge in [-0.15, -0.1) is 0 Å². The molecular weight excluding hydrogens is 266 g/mol. The maximum Gasteiger partial charge on any atom is 0.407 e. The van der Waals surface area contributed by atoms with E-state index in [-0.39, 0.29) is 12.2 Å². The molecule has 0 unspecified atom stereocenters. The van der Waals surface area contributed by atoms with Gasteiger partial charge in [0, 0.05) is 25.7 Å². The van der Waals surface area contributed by atoms with Gasteiger partial charge in [-0.05, 0) is 37.2 Å². The standard InChI is InChI=1S/C17H23NO3/c19-17(18-9-6-13-7-10-20-11-8-13)21-16-12-15(16)14-4-2-1-3-5-14/h1-5,13,15-16H,6-12H2,(H,18,19)/t15-,16+/m0/s1. The van der Waals surface area contributed by atoms with E-state index in [0.29, 0.717) is 18.4 Å². The zero-order chi connectivity index (χ0) is 14.5. The lowest BCUT2D eigenvalue weighted by Crippen LogP contribution is -2.28. The van der Waals surface area contributed by atoms with Crippen molar-refractivity contribution in [3.63, 3.8) is 0 Å². The minimum Gasteiger partial charge on any atom is -0.446 e. The summed E-state index contributed by atoms with van der Waals surface area (Å²) < 4.78 is 10.8. The van der Waals surface area contributed by atoms with Crippen molar-refractivity contribution in [2.75, 3.05) is 19.8 Å². The number of benzene rings is 1. The molecule has 1 saturated carbocycles. The fraction of sp³-hybridized carbons (Fsp3) is 0.588. The lowest BCUT2D eigenvalue weighted by molar-refractivity contribution is 0.0637. The van der Waals surface area contributed by atoms with E-state index < -0.39 is 0 Å². The zero-order valence-corrected chi connectivity index (χ0v) is 12.3. The second-order valence-electron chi connectivity index (χ2n) is 5.97. The molecule has 1 N–H and O–H groups in total. The SMILES string of the molecule is O=C(NCCC1CCOCC1)O[C@@H]1C[C@H]1c1ccccc1. The van der Waals surface area contributed by atoms with E-state index in [9.17, 15) is 4.79 Å². The molecule has 3 rings (SSSR count). The fourth-order valence-corrected chi connectivity index (χ4v) is 2.95. The molecule has 1 aromatic carbocycles. The summed E-state index contributed by atoms with van der Waals surface area (Å²) in [6.07, 6.45) is 3.95. The van der Waals surface area contributed by atoms with E-state index in [4.69, 9.17) is 9.47 Å². The minimum atomic E-state index is -0.273. The predicted octanol–water partition coefficient (Wildman–Crippen LogP) is 3.09. The average Bonchev–Trinajstić information content (AvgIpc) is 3.28. The van der Waals surface area contributed by atoms with Crippen molar-refractivity contribution in [2.24, 2.45) is 5.92 Å². The third-order valence-electron chi connectivity index (χ3n) is 4.38.